The molecule has 1 amide bonds. The smallest absolute Gasteiger partial charge is 0.246 e. The van der Waals surface area contributed by atoms with Crippen molar-refractivity contribution in [3.05, 3.63) is 67.1 Å². The van der Waals surface area contributed by atoms with Gasteiger partial charge in [0, 0.05) is 44.4 Å². The van der Waals surface area contributed by atoms with Gasteiger partial charge >= 0.3 is 0 Å². The third kappa shape index (κ3) is 4.46. The van der Waals surface area contributed by atoms with Gasteiger partial charge < -0.3 is 19.9 Å². The van der Waals surface area contributed by atoms with Crippen molar-refractivity contribution < 1.29 is 9.53 Å². The normalized spacial score (nSPS) is 18.2. The molecule has 5 heterocycles. The molecule has 3 aromatic heterocycles. The summed E-state index contributed by atoms with van der Waals surface area (Å²) in [7, 11) is 1.86. The van der Waals surface area contributed by atoms with E-state index in [0.717, 1.165) is 47.5 Å². The second-order valence-corrected chi connectivity index (χ2v) is 10.5. The molecule has 12 heteroatoms. The lowest BCUT2D eigenvalue weighted by Crippen LogP contribution is -2.39. The van der Waals surface area contributed by atoms with Gasteiger partial charge in [0.25, 0.3) is 0 Å². The van der Waals surface area contributed by atoms with Crippen LogP contribution in [0.25, 0.3) is 22.1 Å². The van der Waals surface area contributed by atoms with Crippen LogP contribution in [-0.2, 0) is 11.8 Å². The minimum absolute atomic E-state index is 0.0167. The summed E-state index contributed by atoms with van der Waals surface area (Å²) in [6, 6.07) is 11.7. The van der Waals surface area contributed by atoms with Gasteiger partial charge in [0.15, 0.2) is 5.82 Å². The number of benzene rings is 2. The second kappa shape index (κ2) is 9.81. The summed E-state index contributed by atoms with van der Waals surface area (Å²) in [5, 5.41) is 11.6. The summed E-state index contributed by atoms with van der Waals surface area (Å²) >= 11 is 0. The number of nitrogens with one attached hydrogen (secondary N) is 1. The van der Waals surface area contributed by atoms with Crippen LogP contribution in [0.4, 0.5) is 17.5 Å². The molecular formula is C29H28N10O2. The topological polar surface area (TPSA) is 127 Å². The first-order chi connectivity index (χ1) is 20.0. The highest BCUT2D eigenvalue weighted by Crippen LogP contribution is 2.34. The highest BCUT2D eigenvalue weighted by atomic mass is 16.5. The Morgan fingerprint density at radius 2 is 2.02 bits per heavy atom. The molecule has 0 bridgehead atoms. The third-order valence-electron chi connectivity index (χ3n) is 7.90. The van der Waals surface area contributed by atoms with Crippen molar-refractivity contribution in [2.24, 2.45) is 13.0 Å². The first kappa shape index (κ1) is 24.9. The van der Waals surface area contributed by atoms with E-state index in [1.807, 2.05) is 55.3 Å². The minimum atomic E-state index is -0.0167. The van der Waals surface area contributed by atoms with Crippen LogP contribution in [0, 0.1) is 12.8 Å². The zero-order valence-corrected chi connectivity index (χ0v) is 22.7. The van der Waals surface area contributed by atoms with E-state index < -0.39 is 0 Å². The number of hydrogen-bond acceptors (Lipinski definition) is 10. The summed E-state index contributed by atoms with van der Waals surface area (Å²) in [4.78, 5) is 34.7. The molecule has 12 nitrogen and oxygen atoms in total. The van der Waals surface area contributed by atoms with Crippen LogP contribution < -0.4 is 15.0 Å². The van der Waals surface area contributed by atoms with Gasteiger partial charge in [-0.25, -0.2) is 24.6 Å². The van der Waals surface area contributed by atoms with Crippen molar-refractivity contribution in [1.29, 1.82) is 0 Å². The zero-order chi connectivity index (χ0) is 28.1. The molecule has 206 valence electrons. The molecular weight excluding hydrogens is 520 g/mol. The lowest BCUT2D eigenvalue weighted by Gasteiger charge is -2.23. The van der Waals surface area contributed by atoms with Gasteiger partial charge in [0.05, 0.1) is 17.8 Å². The van der Waals surface area contributed by atoms with Crippen LogP contribution in [-0.4, -0.2) is 71.4 Å². The monoisotopic (exact) mass is 548 g/mol. The summed E-state index contributed by atoms with van der Waals surface area (Å²) < 4.78 is 7.88. The Morgan fingerprint density at radius 1 is 1.12 bits per heavy atom. The summed E-state index contributed by atoms with van der Waals surface area (Å²) in [6.45, 7) is 7.91. The predicted octanol–water partition coefficient (Wildman–Crippen LogP) is 3.77. The lowest BCUT2D eigenvalue weighted by molar-refractivity contribution is -0.126. The maximum absolute atomic E-state index is 12.3. The van der Waals surface area contributed by atoms with Crippen LogP contribution >= 0.6 is 0 Å². The maximum atomic E-state index is 12.3. The second-order valence-electron chi connectivity index (χ2n) is 10.5. The highest BCUT2D eigenvalue weighted by Gasteiger charge is 2.43. The van der Waals surface area contributed by atoms with E-state index in [9.17, 15) is 4.79 Å². The molecule has 2 aliphatic heterocycles. The number of fused-ring (bicyclic) bond motifs is 3. The van der Waals surface area contributed by atoms with Crippen molar-refractivity contribution in [3.8, 4) is 11.5 Å². The average Bonchev–Trinajstić information content (AvgIpc) is 3.69. The SMILES string of the molecule is C=CC(=O)N1CC[C@@H]2CN(c3ncc4ncnc(Nc5ccc(Oc6ccc7c(c6)nnn7C)c(C)c5)c4n3)C[C@@H]21. The van der Waals surface area contributed by atoms with Crippen molar-refractivity contribution in [2.45, 2.75) is 19.4 Å². The van der Waals surface area contributed by atoms with Gasteiger partial charge in [0.1, 0.15) is 34.4 Å². The number of rotatable bonds is 6. The number of hydrogen-bond donors (Lipinski definition) is 1. The molecule has 2 aromatic carbocycles. The number of amides is 1. The fraction of sp³-hybridized carbons (Fsp3) is 0.276. The Hall–Kier alpha value is -5.13. The van der Waals surface area contributed by atoms with Gasteiger partial charge in [-0.05, 0) is 55.3 Å². The van der Waals surface area contributed by atoms with Crippen LogP contribution in [0.2, 0.25) is 0 Å². The average molecular weight is 549 g/mol. The molecule has 2 fully saturated rings. The van der Waals surface area contributed by atoms with Crippen LogP contribution in [0.1, 0.15) is 12.0 Å². The van der Waals surface area contributed by atoms with E-state index >= 15 is 0 Å². The molecule has 1 N–H and O–H groups in total. The predicted molar refractivity (Wildman–Crippen MR) is 154 cm³/mol. The van der Waals surface area contributed by atoms with Crippen LogP contribution in [0.3, 0.4) is 0 Å². The standard InChI is InChI=1S/C29H28N10O2/c1-4-26(40)39-10-9-18-14-38(15-24(18)39)29-30-13-22-27(34-29)28(32-16-31-22)33-19-5-8-25(17(2)11-19)41-20-6-7-23-21(12-20)35-36-37(23)3/h4-8,11-13,16,18,24H,1,9-10,14-15H2,2-3H3,(H,31,32,33)/t18-,24+/m1/s1. The summed E-state index contributed by atoms with van der Waals surface area (Å²) in [6.07, 6.45) is 5.59. The number of ether oxygens (including phenoxy) is 1. The Labute approximate surface area is 235 Å². The molecule has 0 aliphatic carbocycles. The quantitative estimate of drug-likeness (QED) is 0.313. The van der Waals surface area contributed by atoms with Gasteiger partial charge in [-0.2, -0.15) is 0 Å². The van der Waals surface area contributed by atoms with Crippen molar-refractivity contribution in [1.82, 2.24) is 39.8 Å². The Bertz CT molecular complexity index is 1820. The number of carbonyl (C=O) groups excluding carboxylic acids is 1. The summed E-state index contributed by atoms with van der Waals surface area (Å²) in [5.41, 5.74) is 4.78. The molecule has 0 saturated carbocycles. The number of aryl methyl sites for hydroxylation is 2. The van der Waals surface area contributed by atoms with E-state index in [2.05, 4.69) is 42.1 Å². The Morgan fingerprint density at radius 3 is 2.88 bits per heavy atom. The molecule has 5 aromatic rings. The number of aromatic nitrogens is 7. The molecule has 2 aliphatic rings. The maximum Gasteiger partial charge on any atom is 0.246 e. The fourth-order valence-electron chi connectivity index (χ4n) is 5.79. The third-order valence-corrected chi connectivity index (χ3v) is 7.90. The van der Waals surface area contributed by atoms with Gasteiger partial charge in [-0.1, -0.05) is 11.8 Å². The van der Waals surface area contributed by atoms with Crippen molar-refractivity contribution in [2.75, 3.05) is 29.9 Å². The molecule has 2 saturated heterocycles. The van der Waals surface area contributed by atoms with E-state index in [1.165, 1.54) is 12.4 Å². The number of carbonyl (C=O) groups is 1. The van der Waals surface area contributed by atoms with Gasteiger partial charge in [0.2, 0.25) is 11.9 Å². The molecule has 0 unspecified atom stereocenters. The number of likely N-dealkylation sites (tertiary alicyclic amines) is 1. The first-order valence-corrected chi connectivity index (χ1v) is 13.5. The van der Waals surface area contributed by atoms with Crippen molar-refractivity contribution >= 4 is 45.4 Å². The highest BCUT2D eigenvalue weighted by molar-refractivity contribution is 5.88. The Balaban J connectivity index is 1.11. The molecule has 41 heavy (non-hydrogen) atoms. The van der Waals surface area contributed by atoms with E-state index in [1.54, 1.807) is 10.9 Å². The van der Waals surface area contributed by atoms with E-state index in [4.69, 9.17) is 9.72 Å². The lowest BCUT2D eigenvalue weighted by atomic mass is 10.1. The van der Waals surface area contributed by atoms with Crippen molar-refractivity contribution in [3.63, 3.8) is 0 Å². The van der Waals surface area contributed by atoms with E-state index in [-0.39, 0.29) is 11.9 Å². The largest absolute Gasteiger partial charge is 0.457 e. The molecule has 7 rings (SSSR count). The van der Waals surface area contributed by atoms with Crippen LogP contribution in [0.15, 0.2) is 61.6 Å². The zero-order valence-electron chi connectivity index (χ0n) is 22.7. The molecule has 0 spiro atoms. The van der Waals surface area contributed by atoms with Gasteiger partial charge in [-0.3, -0.25) is 4.79 Å². The first-order valence-electron chi connectivity index (χ1n) is 13.5. The minimum Gasteiger partial charge on any atom is -0.457 e. The number of nitrogens with zero attached hydrogens (tertiary/aromatic N) is 9. The van der Waals surface area contributed by atoms with E-state index in [0.29, 0.717) is 41.0 Å². The van der Waals surface area contributed by atoms with Crippen LogP contribution in [0.5, 0.6) is 11.5 Å². The van der Waals surface area contributed by atoms with Gasteiger partial charge in [-0.15, -0.1) is 5.10 Å². The Kier molecular flexibility index (Phi) is 5.95. The fourth-order valence-corrected chi connectivity index (χ4v) is 5.79. The molecule has 0 radical (unpaired) electrons. The molecule has 2 atom stereocenters. The number of anilines is 3. The summed E-state index contributed by atoms with van der Waals surface area (Å²) in [5.74, 6) is 3.00.